The van der Waals surface area contributed by atoms with E-state index >= 15 is 0 Å². The lowest BCUT2D eigenvalue weighted by Crippen LogP contribution is -2.31. The number of carbonyl (C=O) groups excluding carboxylic acids is 1. The maximum Gasteiger partial charge on any atom is 0.224 e. The van der Waals surface area contributed by atoms with Crippen LogP contribution in [0.1, 0.15) is 31.7 Å². The number of carbonyl (C=O) groups is 1. The van der Waals surface area contributed by atoms with Crippen molar-refractivity contribution in [3.05, 3.63) is 35.6 Å². The average molecular weight is 330 g/mol. The molecule has 1 aromatic rings. The average Bonchev–Trinajstić information content (AvgIpc) is 2.39. The van der Waals surface area contributed by atoms with Crippen LogP contribution in [0.3, 0.4) is 0 Å². The highest BCUT2D eigenvalue weighted by Crippen LogP contribution is 2.12. The molecule has 0 aromatic heterocycles. The van der Waals surface area contributed by atoms with E-state index < -0.39 is 0 Å². The summed E-state index contributed by atoms with van der Waals surface area (Å²) >= 11 is 3.43. The SMILES string of the molecule is CCCC(CCBr)CNC(=O)Cc1ccccc1F. The summed E-state index contributed by atoms with van der Waals surface area (Å²) in [6.45, 7) is 2.81. The van der Waals surface area contributed by atoms with Crippen LogP contribution in [-0.2, 0) is 11.2 Å². The Balaban J connectivity index is 2.40. The van der Waals surface area contributed by atoms with Crippen LogP contribution in [0.15, 0.2) is 24.3 Å². The minimum absolute atomic E-state index is 0.110. The minimum Gasteiger partial charge on any atom is -0.356 e. The maximum absolute atomic E-state index is 13.4. The molecule has 0 heterocycles. The molecule has 4 heteroatoms. The van der Waals surface area contributed by atoms with Crippen LogP contribution in [0.25, 0.3) is 0 Å². The molecule has 1 amide bonds. The quantitative estimate of drug-likeness (QED) is 0.724. The van der Waals surface area contributed by atoms with Crippen molar-refractivity contribution in [2.45, 2.75) is 32.6 Å². The van der Waals surface area contributed by atoms with Gasteiger partial charge >= 0.3 is 0 Å². The molecule has 1 rings (SSSR count). The maximum atomic E-state index is 13.4. The fourth-order valence-electron chi connectivity index (χ4n) is 2.05. The number of hydrogen-bond acceptors (Lipinski definition) is 1. The largest absolute Gasteiger partial charge is 0.356 e. The monoisotopic (exact) mass is 329 g/mol. The Hall–Kier alpha value is -0.900. The van der Waals surface area contributed by atoms with Gasteiger partial charge in [0.15, 0.2) is 0 Å². The predicted octanol–water partition coefficient (Wildman–Crippen LogP) is 3.69. The summed E-state index contributed by atoms with van der Waals surface area (Å²) in [6.07, 6.45) is 3.38. The van der Waals surface area contributed by atoms with Crippen LogP contribution in [0.2, 0.25) is 0 Å². The van der Waals surface area contributed by atoms with Crippen LogP contribution in [-0.4, -0.2) is 17.8 Å². The van der Waals surface area contributed by atoms with E-state index in [0.29, 0.717) is 18.0 Å². The van der Waals surface area contributed by atoms with Crippen LogP contribution in [0, 0.1) is 11.7 Å². The number of benzene rings is 1. The standard InChI is InChI=1S/C15H21BrFNO/c1-2-5-12(8-9-16)11-18-15(19)10-13-6-3-4-7-14(13)17/h3-4,6-7,12H,2,5,8-11H2,1H3,(H,18,19). The van der Waals surface area contributed by atoms with Gasteiger partial charge < -0.3 is 5.32 Å². The molecule has 0 aliphatic rings. The lowest BCUT2D eigenvalue weighted by atomic mass is 10.0. The third kappa shape index (κ3) is 6.19. The second-order valence-electron chi connectivity index (χ2n) is 4.70. The molecule has 0 bridgehead atoms. The second-order valence-corrected chi connectivity index (χ2v) is 5.50. The number of alkyl halides is 1. The number of halogens is 2. The number of amides is 1. The molecule has 0 spiro atoms. The van der Waals surface area contributed by atoms with Crippen LogP contribution in [0.4, 0.5) is 4.39 Å². The summed E-state index contributed by atoms with van der Waals surface area (Å²) < 4.78 is 13.4. The Morgan fingerprint density at radius 3 is 2.74 bits per heavy atom. The molecule has 1 N–H and O–H groups in total. The van der Waals surface area contributed by atoms with Gasteiger partial charge in [-0.2, -0.15) is 0 Å². The van der Waals surface area contributed by atoms with Gasteiger partial charge in [-0.25, -0.2) is 4.39 Å². The Morgan fingerprint density at radius 1 is 1.37 bits per heavy atom. The van der Waals surface area contributed by atoms with Gasteiger partial charge in [0.05, 0.1) is 6.42 Å². The number of nitrogens with one attached hydrogen (secondary N) is 1. The normalized spacial score (nSPS) is 12.2. The first-order chi connectivity index (χ1) is 9.17. The van der Waals surface area contributed by atoms with Gasteiger partial charge in [0.25, 0.3) is 0 Å². The van der Waals surface area contributed by atoms with E-state index in [1.165, 1.54) is 6.07 Å². The summed E-state index contributed by atoms with van der Waals surface area (Å²) in [5.41, 5.74) is 0.451. The zero-order valence-electron chi connectivity index (χ0n) is 11.3. The zero-order chi connectivity index (χ0) is 14.1. The lowest BCUT2D eigenvalue weighted by molar-refractivity contribution is -0.120. The van der Waals surface area contributed by atoms with Gasteiger partial charge in [-0.1, -0.05) is 47.5 Å². The van der Waals surface area contributed by atoms with E-state index in [4.69, 9.17) is 0 Å². The molecule has 19 heavy (non-hydrogen) atoms. The van der Waals surface area contributed by atoms with Crippen LogP contribution >= 0.6 is 15.9 Å². The molecular weight excluding hydrogens is 309 g/mol. The second kappa shape index (κ2) is 9.08. The molecule has 1 unspecified atom stereocenters. The first-order valence-electron chi connectivity index (χ1n) is 6.73. The molecule has 0 aliphatic carbocycles. The first-order valence-corrected chi connectivity index (χ1v) is 7.85. The fraction of sp³-hybridized carbons (Fsp3) is 0.533. The molecule has 0 saturated heterocycles. The summed E-state index contributed by atoms with van der Waals surface area (Å²) in [5.74, 6) is 0.0675. The van der Waals surface area contributed by atoms with Gasteiger partial charge in [0.2, 0.25) is 5.91 Å². The summed E-state index contributed by atoms with van der Waals surface area (Å²) in [7, 11) is 0. The van der Waals surface area contributed by atoms with E-state index in [9.17, 15) is 9.18 Å². The summed E-state index contributed by atoms with van der Waals surface area (Å²) in [5, 5.41) is 3.85. The Kier molecular flexibility index (Phi) is 7.72. The van der Waals surface area contributed by atoms with Crippen LogP contribution in [0.5, 0.6) is 0 Å². The fourth-order valence-corrected chi connectivity index (χ4v) is 2.69. The molecule has 1 atom stereocenters. The van der Waals surface area contributed by atoms with Crippen molar-refractivity contribution in [1.29, 1.82) is 0 Å². The molecule has 0 aliphatic heterocycles. The van der Waals surface area contributed by atoms with Crippen molar-refractivity contribution in [3.63, 3.8) is 0 Å². The molecule has 106 valence electrons. The highest BCUT2D eigenvalue weighted by atomic mass is 79.9. The predicted molar refractivity (Wildman–Crippen MR) is 79.9 cm³/mol. The topological polar surface area (TPSA) is 29.1 Å². The van der Waals surface area contributed by atoms with Gasteiger partial charge in [-0.15, -0.1) is 0 Å². The van der Waals surface area contributed by atoms with Gasteiger partial charge in [0, 0.05) is 11.9 Å². The molecule has 0 fully saturated rings. The highest BCUT2D eigenvalue weighted by molar-refractivity contribution is 9.09. The van der Waals surface area contributed by atoms with Crippen molar-refractivity contribution in [1.82, 2.24) is 5.32 Å². The highest BCUT2D eigenvalue weighted by Gasteiger charge is 2.11. The van der Waals surface area contributed by atoms with Crippen molar-refractivity contribution < 1.29 is 9.18 Å². The van der Waals surface area contributed by atoms with E-state index in [-0.39, 0.29) is 18.1 Å². The van der Waals surface area contributed by atoms with E-state index in [1.807, 2.05) is 0 Å². The molecule has 0 saturated carbocycles. The molecule has 2 nitrogen and oxygen atoms in total. The Bertz CT molecular complexity index is 391. The van der Waals surface area contributed by atoms with E-state index in [1.54, 1.807) is 18.2 Å². The molecule has 1 aromatic carbocycles. The lowest BCUT2D eigenvalue weighted by Gasteiger charge is -2.15. The third-order valence-electron chi connectivity index (χ3n) is 3.11. The summed E-state index contributed by atoms with van der Waals surface area (Å²) in [6, 6.07) is 6.41. The first kappa shape index (κ1) is 16.2. The Morgan fingerprint density at radius 2 is 2.11 bits per heavy atom. The third-order valence-corrected chi connectivity index (χ3v) is 3.57. The van der Waals surface area contributed by atoms with Crippen LogP contribution < -0.4 is 5.32 Å². The number of rotatable bonds is 8. The van der Waals surface area contributed by atoms with Crippen molar-refractivity contribution in [3.8, 4) is 0 Å². The van der Waals surface area contributed by atoms with Crippen molar-refractivity contribution in [2.24, 2.45) is 5.92 Å². The smallest absolute Gasteiger partial charge is 0.224 e. The zero-order valence-corrected chi connectivity index (χ0v) is 12.9. The Labute approximate surface area is 122 Å². The van der Waals surface area contributed by atoms with Crippen molar-refractivity contribution in [2.75, 3.05) is 11.9 Å². The number of hydrogen-bond donors (Lipinski definition) is 1. The minimum atomic E-state index is -0.316. The van der Waals surface area contributed by atoms with Gasteiger partial charge in [-0.3, -0.25) is 4.79 Å². The van der Waals surface area contributed by atoms with E-state index in [0.717, 1.165) is 24.6 Å². The van der Waals surface area contributed by atoms with Gasteiger partial charge in [0.1, 0.15) is 5.82 Å². The van der Waals surface area contributed by atoms with E-state index in [2.05, 4.69) is 28.2 Å². The van der Waals surface area contributed by atoms with Crippen molar-refractivity contribution >= 4 is 21.8 Å². The molecule has 0 radical (unpaired) electrons. The molecular formula is C15H21BrFNO. The van der Waals surface area contributed by atoms with Gasteiger partial charge in [-0.05, 0) is 30.4 Å². The summed E-state index contributed by atoms with van der Waals surface area (Å²) in [4.78, 5) is 11.8.